The molecule has 3 rings (SSSR count). The first-order valence-electron chi connectivity index (χ1n) is 12.5. The number of nitrogens with zero attached hydrogens (tertiary/aromatic N) is 1. The molecule has 1 atom stereocenters. The predicted molar refractivity (Wildman–Crippen MR) is 143 cm³/mol. The Morgan fingerprint density at radius 1 is 1.03 bits per heavy atom. The molecule has 198 valence electrons. The minimum Gasteiger partial charge on any atom is -0.460 e. The van der Waals surface area contributed by atoms with Crippen molar-refractivity contribution in [2.24, 2.45) is 0 Å². The van der Waals surface area contributed by atoms with Crippen LogP contribution in [0.25, 0.3) is 0 Å². The van der Waals surface area contributed by atoms with Crippen LogP contribution < -0.4 is 10.6 Å². The Labute approximate surface area is 219 Å². The van der Waals surface area contributed by atoms with Gasteiger partial charge < -0.3 is 20.1 Å². The van der Waals surface area contributed by atoms with Crippen LogP contribution in [-0.4, -0.2) is 49.7 Å². The Hall–Kier alpha value is -3.65. The van der Waals surface area contributed by atoms with Crippen molar-refractivity contribution in [3.8, 4) is 0 Å². The molecule has 37 heavy (non-hydrogen) atoms. The number of urea groups is 1. The fourth-order valence-corrected chi connectivity index (χ4v) is 4.17. The van der Waals surface area contributed by atoms with Crippen LogP contribution in [0.1, 0.15) is 68.6 Å². The molecule has 0 spiro atoms. The first-order valence-corrected chi connectivity index (χ1v) is 12.5. The third kappa shape index (κ3) is 6.77. The molecule has 3 amide bonds. The van der Waals surface area contributed by atoms with Crippen LogP contribution in [0.5, 0.6) is 0 Å². The number of methoxy groups -OCH3 is 1. The van der Waals surface area contributed by atoms with E-state index in [1.807, 2.05) is 31.2 Å². The normalized spacial score (nSPS) is 15.9. The summed E-state index contributed by atoms with van der Waals surface area (Å²) in [6.07, 6.45) is 0.745. The standard InChI is InChI=1S/C29H37N3O5/c1-7-16-32-19(2)24(27(34)37-18-17-36-6)25(31-28(32)35)20-10-14-23(15-11-20)30-26(33)21-8-12-22(13-9-21)29(3,4)5/h8-15,25H,7,16-18H2,1-6H3,(H,30,33)(H,31,35). The first-order chi connectivity index (χ1) is 17.6. The van der Waals surface area contributed by atoms with E-state index < -0.39 is 12.0 Å². The lowest BCUT2D eigenvalue weighted by atomic mass is 9.87. The van der Waals surface area contributed by atoms with Gasteiger partial charge in [-0.25, -0.2) is 9.59 Å². The lowest BCUT2D eigenvalue weighted by molar-refractivity contribution is -0.140. The minimum atomic E-state index is -0.676. The lowest BCUT2D eigenvalue weighted by Gasteiger charge is -2.35. The van der Waals surface area contributed by atoms with Gasteiger partial charge in [-0.1, -0.05) is 52.0 Å². The van der Waals surface area contributed by atoms with Gasteiger partial charge in [0.2, 0.25) is 0 Å². The number of rotatable bonds is 9. The average molecular weight is 508 g/mol. The molecule has 1 unspecified atom stereocenters. The van der Waals surface area contributed by atoms with Gasteiger partial charge >= 0.3 is 12.0 Å². The second-order valence-corrected chi connectivity index (χ2v) is 10.1. The Bertz CT molecular complexity index is 1150. The maximum absolute atomic E-state index is 13.0. The molecule has 8 nitrogen and oxygen atoms in total. The fourth-order valence-electron chi connectivity index (χ4n) is 4.17. The van der Waals surface area contributed by atoms with Crippen molar-refractivity contribution in [2.45, 2.75) is 52.5 Å². The Balaban J connectivity index is 1.81. The smallest absolute Gasteiger partial charge is 0.338 e. The van der Waals surface area contributed by atoms with Gasteiger partial charge in [-0.3, -0.25) is 9.69 Å². The van der Waals surface area contributed by atoms with E-state index in [4.69, 9.17) is 9.47 Å². The predicted octanol–water partition coefficient (Wildman–Crippen LogP) is 5.18. The number of allylic oxidation sites excluding steroid dienone is 1. The summed E-state index contributed by atoms with van der Waals surface area (Å²) in [5.41, 5.74) is 3.97. The SMILES string of the molecule is CCCN1C(=O)NC(c2ccc(NC(=O)c3ccc(C(C)(C)C)cc3)cc2)C(C(=O)OCCOC)=C1C. The number of nitrogens with one attached hydrogen (secondary N) is 2. The van der Waals surface area contributed by atoms with Gasteiger partial charge in [0.05, 0.1) is 18.2 Å². The monoisotopic (exact) mass is 507 g/mol. The maximum atomic E-state index is 13.0. The van der Waals surface area contributed by atoms with Crippen molar-refractivity contribution in [2.75, 3.05) is 32.2 Å². The van der Waals surface area contributed by atoms with Crippen LogP contribution in [0.3, 0.4) is 0 Å². The summed E-state index contributed by atoms with van der Waals surface area (Å²) in [5.74, 6) is -0.718. The molecule has 0 aromatic heterocycles. The Morgan fingerprint density at radius 3 is 2.24 bits per heavy atom. The molecule has 1 aliphatic rings. The number of hydrogen-bond acceptors (Lipinski definition) is 5. The van der Waals surface area contributed by atoms with E-state index in [2.05, 4.69) is 31.4 Å². The molecule has 0 fully saturated rings. The van der Waals surface area contributed by atoms with Gasteiger partial charge in [0, 0.05) is 30.6 Å². The molecule has 2 N–H and O–H groups in total. The zero-order valence-corrected chi connectivity index (χ0v) is 22.5. The van der Waals surface area contributed by atoms with Gasteiger partial charge in [-0.2, -0.15) is 0 Å². The van der Waals surface area contributed by atoms with E-state index >= 15 is 0 Å². The second kappa shape index (κ2) is 12.1. The molecule has 0 saturated carbocycles. The second-order valence-electron chi connectivity index (χ2n) is 10.1. The molecule has 0 saturated heterocycles. The number of hydrogen-bond donors (Lipinski definition) is 2. The van der Waals surface area contributed by atoms with Crippen molar-refractivity contribution in [3.05, 3.63) is 76.5 Å². The number of carbonyl (C=O) groups excluding carboxylic acids is 3. The van der Waals surface area contributed by atoms with Crippen molar-refractivity contribution in [1.82, 2.24) is 10.2 Å². The summed E-state index contributed by atoms with van der Waals surface area (Å²) in [6.45, 7) is 11.0. The summed E-state index contributed by atoms with van der Waals surface area (Å²) >= 11 is 0. The summed E-state index contributed by atoms with van der Waals surface area (Å²) in [6, 6.07) is 13.7. The minimum absolute atomic E-state index is 0.00873. The van der Waals surface area contributed by atoms with Crippen molar-refractivity contribution < 1.29 is 23.9 Å². The van der Waals surface area contributed by atoms with E-state index in [1.165, 1.54) is 7.11 Å². The lowest BCUT2D eigenvalue weighted by Crippen LogP contribution is -2.48. The molecule has 0 radical (unpaired) electrons. The molecule has 8 heteroatoms. The molecule has 2 aromatic carbocycles. The number of benzene rings is 2. The molecule has 2 aromatic rings. The molecule has 1 aliphatic heterocycles. The van der Waals surface area contributed by atoms with E-state index in [-0.39, 0.29) is 30.6 Å². The van der Waals surface area contributed by atoms with Crippen LogP contribution in [0.2, 0.25) is 0 Å². The van der Waals surface area contributed by atoms with Crippen molar-refractivity contribution >= 4 is 23.6 Å². The van der Waals surface area contributed by atoms with E-state index in [0.29, 0.717) is 34.6 Å². The molecular formula is C29H37N3O5. The number of carbonyl (C=O) groups is 3. The largest absolute Gasteiger partial charge is 0.460 e. The van der Waals surface area contributed by atoms with E-state index in [0.717, 1.165) is 12.0 Å². The molecule has 0 bridgehead atoms. The van der Waals surface area contributed by atoms with Gasteiger partial charge in [0.15, 0.2) is 0 Å². The maximum Gasteiger partial charge on any atom is 0.338 e. The first kappa shape index (κ1) is 27.9. The molecule has 1 heterocycles. The fraction of sp³-hybridized carbons (Fsp3) is 0.414. The Morgan fingerprint density at radius 2 is 1.68 bits per heavy atom. The number of esters is 1. The zero-order valence-electron chi connectivity index (χ0n) is 22.5. The summed E-state index contributed by atoms with van der Waals surface area (Å²) in [7, 11) is 1.53. The van der Waals surface area contributed by atoms with Crippen molar-refractivity contribution in [1.29, 1.82) is 0 Å². The van der Waals surface area contributed by atoms with Crippen LogP contribution in [-0.2, 0) is 19.7 Å². The highest BCUT2D eigenvalue weighted by atomic mass is 16.6. The van der Waals surface area contributed by atoms with Crippen LogP contribution >= 0.6 is 0 Å². The topological polar surface area (TPSA) is 97.0 Å². The van der Waals surface area contributed by atoms with Crippen LogP contribution in [0, 0.1) is 0 Å². The highest BCUT2D eigenvalue weighted by molar-refractivity contribution is 6.04. The number of anilines is 1. The number of ether oxygens (including phenoxy) is 2. The Kier molecular flexibility index (Phi) is 9.10. The third-order valence-corrected chi connectivity index (χ3v) is 6.30. The van der Waals surface area contributed by atoms with Gasteiger partial charge in [0.1, 0.15) is 6.61 Å². The molecule has 0 aliphatic carbocycles. The van der Waals surface area contributed by atoms with E-state index in [9.17, 15) is 14.4 Å². The molecular weight excluding hydrogens is 470 g/mol. The summed E-state index contributed by atoms with van der Waals surface area (Å²) in [5, 5.41) is 5.84. The zero-order chi connectivity index (χ0) is 27.2. The average Bonchev–Trinajstić information content (AvgIpc) is 2.86. The summed E-state index contributed by atoms with van der Waals surface area (Å²) in [4.78, 5) is 40.1. The highest BCUT2D eigenvalue weighted by Gasteiger charge is 2.36. The van der Waals surface area contributed by atoms with Crippen molar-refractivity contribution in [3.63, 3.8) is 0 Å². The number of amides is 3. The van der Waals surface area contributed by atoms with Gasteiger partial charge in [-0.15, -0.1) is 0 Å². The van der Waals surface area contributed by atoms with Gasteiger partial charge in [0.25, 0.3) is 5.91 Å². The van der Waals surface area contributed by atoms with Crippen LogP contribution in [0.4, 0.5) is 10.5 Å². The van der Waals surface area contributed by atoms with Crippen LogP contribution in [0.15, 0.2) is 59.8 Å². The van der Waals surface area contributed by atoms with E-state index in [1.54, 1.807) is 36.1 Å². The summed E-state index contributed by atoms with van der Waals surface area (Å²) < 4.78 is 10.4. The highest BCUT2D eigenvalue weighted by Crippen LogP contribution is 2.32. The third-order valence-electron chi connectivity index (χ3n) is 6.30. The van der Waals surface area contributed by atoms with Gasteiger partial charge in [-0.05, 0) is 54.2 Å². The quantitative estimate of drug-likeness (QED) is 0.360.